The van der Waals surface area contributed by atoms with Gasteiger partial charge in [0.2, 0.25) is 0 Å². The average molecular weight is 261 g/mol. The number of aryl methyl sites for hydroxylation is 1. The van der Waals surface area contributed by atoms with Gasteiger partial charge in [-0.25, -0.2) is 8.99 Å². The highest BCUT2D eigenvalue weighted by Gasteiger charge is 2.12. The van der Waals surface area contributed by atoms with Crippen LogP contribution in [0.1, 0.15) is 5.69 Å². The fourth-order valence-electron chi connectivity index (χ4n) is 0.980. The van der Waals surface area contributed by atoms with Crippen molar-refractivity contribution in [3.8, 4) is 0 Å². The van der Waals surface area contributed by atoms with Crippen LogP contribution in [0.15, 0.2) is 11.1 Å². The molecule has 1 aromatic heterocycles. The zero-order valence-corrected chi connectivity index (χ0v) is 10.3. The number of hydrogen-bond donors (Lipinski definition) is 2. The summed E-state index contributed by atoms with van der Waals surface area (Å²) in [5.74, 6) is 0. The molecule has 1 heterocycles. The van der Waals surface area contributed by atoms with Gasteiger partial charge in [0.25, 0.3) is 0 Å². The maximum absolute atomic E-state index is 11.3. The van der Waals surface area contributed by atoms with Gasteiger partial charge in [-0.15, -0.1) is 24.8 Å². The van der Waals surface area contributed by atoms with E-state index in [0.717, 1.165) is 0 Å². The monoisotopic (exact) mass is 260 g/mol. The summed E-state index contributed by atoms with van der Waals surface area (Å²) >= 11 is 0. The van der Waals surface area contributed by atoms with E-state index in [-0.39, 0.29) is 31.4 Å². The van der Waals surface area contributed by atoms with Gasteiger partial charge >= 0.3 is 0 Å². The quantitative estimate of drug-likeness (QED) is 0.824. The van der Waals surface area contributed by atoms with E-state index in [0.29, 0.717) is 10.6 Å². The molecule has 1 aromatic rings. The number of nitrogens with zero attached hydrogens (tertiary/aromatic N) is 2. The molecular weight excluding hydrogens is 247 g/mol. The molecule has 0 fully saturated rings. The third-order valence-corrected chi connectivity index (χ3v) is 2.66. The lowest BCUT2D eigenvalue weighted by Crippen LogP contribution is -2.04. The van der Waals surface area contributed by atoms with Crippen LogP contribution in [-0.4, -0.2) is 20.2 Å². The molecule has 84 valence electrons. The summed E-state index contributed by atoms with van der Waals surface area (Å²) in [5.41, 5.74) is 5.92. The predicted octanol–water partition coefficient (Wildman–Crippen LogP) is 0.758. The van der Waals surface area contributed by atoms with Crippen LogP contribution < -0.4 is 5.73 Å². The van der Waals surface area contributed by atoms with Crippen molar-refractivity contribution in [3.05, 3.63) is 11.9 Å². The second-order valence-corrected chi connectivity index (χ2v) is 4.79. The summed E-state index contributed by atoms with van der Waals surface area (Å²) in [7, 11) is -0.972. The van der Waals surface area contributed by atoms with Crippen LogP contribution in [0.5, 0.6) is 0 Å². The molecule has 0 radical (unpaired) electrons. The molecule has 0 aliphatic rings. The Balaban J connectivity index is 0. The molecule has 1 unspecified atom stereocenters. The third-order valence-electron chi connectivity index (χ3n) is 1.48. The lowest BCUT2D eigenvalue weighted by molar-refractivity contribution is 0.678. The number of hydrogen-bond acceptors (Lipinski definition) is 4. The summed E-state index contributed by atoms with van der Waals surface area (Å²) in [6.07, 6.45) is 2.95. The van der Waals surface area contributed by atoms with E-state index < -0.39 is 9.73 Å². The fourth-order valence-corrected chi connectivity index (χ4v) is 1.91. The molecule has 8 heteroatoms. The molecule has 0 spiro atoms. The molecule has 1 atom stereocenters. The van der Waals surface area contributed by atoms with Crippen molar-refractivity contribution in [2.24, 2.45) is 12.8 Å². The van der Waals surface area contributed by atoms with Crippen molar-refractivity contribution in [1.29, 1.82) is 4.78 Å². The number of halogens is 2. The zero-order valence-electron chi connectivity index (χ0n) is 7.89. The fraction of sp³-hybridized carbons (Fsp3) is 0.500. The van der Waals surface area contributed by atoms with Crippen molar-refractivity contribution in [3.63, 3.8) is 0 Å². The first kappa shape index (κ1) is 16.1. The van der Waals surface area contributed by atoms with Gasteiger partial charge in [0.05, 0.1) is 20.3 Å². The molecule has 0 saturated heterocycles. The number of rotatable bonds is 2. The third kappa shape index (κ3) is 3.45. The highest BCUT2D eigenvalue weighted by molar-refractivity contribution is 7.91. The maximum atomic E-state index is 11.3. The second kappa shape index (κ2) is 5.55. The van der Waals surface area contributed by atoms with Crippen LogP contribution in [0.25, 0.3) is 0 Å². The van der Waals surface area contributed by atoms with Crippen LogP contribution >= 0.6 is 24.8 Å². The number of nitrogens with two attached hydrogens (primary N) is 1. The first-order valence-corrected chi connectivity index (χ1v) is 5.38. The summed E-state index contributed by atoms with van der Waals surface area (Å²) in [6.45, 7) is 0.222. The molecule has 14 heavy (non-hydrogen) atoms. The lowest BCUT2D eigenvalue weighted by atomic mass is 10.4. The van der Waals surface area contributed by atoms with E-state index in [4.69, 9.17) is 10.5 Å². The first-order chi connectivity index (χ1) is 5.45. The molecule has 0 aliphatic carbocycles. The summed E-state index contributed by atoms with van der Waals surface area (Å²) in [6, 6.07) is 0. The summed E-state index contributed by atoms with van der Waals surface area (Å²) in [5, 5.41) is 3.99. The maximum Gasteiger partial charge on any atom is 0.0930 e. The van der Waals surface area contributed by atoms with Crippen LogP contribution in [0, 0.1) is 4.78 Å². The average Bonchev–Trinajstić information content (AvgIpc) is 2.29. The Bertz CT molecular complexity index is 387. The van der Waals surface area contributed by atoms with E-state index in [1.54, 1.807) is 13.2 Å². The smallest absolute Gasteiger partial charge is 0.0930 e. The Morgan fingerprint density at radius 1 is 1.64 bits per heavy atom. The van der Waals surface area contributed by atoms with E-state index in [9.17, 15) is 4.21 Å². The van der Waals surface area contributed by atoms with E-state index >= 15 is 0 Å². The van der Waals surface area contributed by atoms with Gasteiger partial charge in [0.1, 0.15) is 0 Å². The number of aromatic nitrogens is 2. The summed E-state index contributed by atoms with van der Waals surface area (Å²) in [4.78, 5) is 0.438. The Morgan fingerprint density at radius 2 is 2.14 bits per heavy atom. The topological polar surface area (TPSA) is 84.8 Å². The largest absolute Gasteiger partial charge is 0.325 e. The Hall–Kier alpha value is -0.300. The Labute approximate surface area is 95.8 Å². The molecular formula is C6H14Cl2N4OS. The van der Waals surface area contributed by atoms with Gasteiger partial charge in [-0.2, -0.15) is 5.10 Å². The molecule has 5 nitrogen and oxygen atoms in total. The van der Waals surface area contributed by atoms with Crippen molar-refractivity contribution < 1.29 is 4.21 Å². The zero-order chi connectivity index (χ0) is 9.35. The SMILES string of the molecule is Cl.Cl.Cn1cc(S(C)(=N)=O)c(CN)n1. The molecule has 3 N–H and O–H groups in total. The number of nitrogens with one attached hydrogen (secondary N) is 1. The molecule has 1 rings (SSSR count). The minimum Gasteiger partial charge on any atom is -0.325 e. The molecule has 0 bridgehead atoms. The highest BCUT2D eigenvalue weighted by Crippen LogP contribution is 2.12. The standard InChI is InChI=1S/C6H12N4OS.2ClH/c1-10-4-6(12(2,8)11)5(3-7)9-10;;/h4,8H,3,7H2,1-2H3;2*1H. The molecule has 0 amide bonds. The summed E-state index contributed by atoms with van der Waals surface area (Å²) < 4.78 is 20.2. The van der Waals surface area contributed by atoms with Gasteiger partial charge in [-0.05, 0) is 0 Å². The molecule has 0 aromatic carbocycles. The van der Waals surface area contributed by atoms with Gasteiger partial charge in [0.15, 0.2) is 0 Å². The minimum atomic E-state index is -2.69. The van der Waals surface area contributed by atoms with Crippen molar-refractivity contribution in [2.45, 2.75) is 11.4 Å². The van der Waals surface area contributed by atoms with Gasteiger partial charge < -0.3 is 5.73 Å². The van der Waals surface area contributed by atoms with Crippen LogP contribution in [0.4, 0.5) is 0 Å². The normalized spacial score (nSPS) is 13.6. The first-order valence-electron chi connectivity index (χ1n) is 3.41. The molecule has 0 saturated carbocycles. The second-order valence-electron chi connectivity index (χ2n) is 2.66. The lowest BCUT2D eigenvalue weighted by Gasteiger charge is -1.97. The van der Waals surface area contributed by atoms with E-state index in [1.165, 1.54) is 10.9 Å². The van der Waals surface area contributed by atoms with Crippen molar-refractivity contribution in [1.82, 2.24) is 9.78 Å². The van der Waals surface area contributed by atoms with Crippen LogP contribution in [0.3, 0.4) is 0 Å². The van der Waals surface area contributed by atoms with Gasteiger partial charge in [-0.3, -0.25) is 4.68 Å². The predicted molar refractivity (Wildman–Crippen MR) is 60.6 cm³/mol. The Morgan fingerprint density at radius 3 is 2.43 bits per heavy atom. The van der Waals surface area contributed by atoms with E-state index in [1.807, 2.05) is 0 Å². The minimum absolute atomic E-state index is 0. The van der Waals surface area contributed by atoms with Crippen LogP contribution in [0.2, 0.25) is 0 Å². The van der Waals surface area contributed by atoms with Crippen molar-refractivity contribution in [2.75, 3.05) is 6.26 Å². The van der Waals surface area contributed by atoms with Crippen molar-refractivity contribution >= 4 is 34.5 Å². The highest BCUT2D eigenvalue weighted by atomic mass is 35.5. The van der Waals surface area contributed by atoms with Gasteiger partial charge in [0, 0.05) is 26.0 Å². The van der Waals surface area contributed by atoms with Gasteiger partial charge in [-0.1, -0.05) is 0 Å². The van der Waals surface area contributed by atoms with E-state index in [2.05, 4.69) is 5.10 Å². The molecule has 0 aliphatic heterocycles. The Kier molecular flexibility index (Phi) is 6.40. The van der Waals surface area contributed by atoms with Crippen LogP contribution in [-0.2, 0) is 23.3 Å².